The molecule has 23 heavy (non-hydrogen) atoms. The van der Waals surface area contributed by atoms with Gasteiger partial charge < -0.3 is 9.47 Å². The van der Waals surface area contributed by atoms with E-state index in [1.807, 2.05) is 13.0 Å². The number of benzene rings is 2. The molecule has 6 heteroatoms. The van der Waals surface area contributed by atoms with Gasteiger partial charge in [-0.3, -0.25) is 4.72 Å². The highest BCUT2D eigenvalue weighted by Gasteiger charge is 2.20. The van der Waals surface area contributed by atoms with Gasteiger partial charge in [-0.25, -0.2) is 8.42 Å². The van der Waals surface area contributed by atoms with E-state index in [0.717, 1.165) is 23.3 Å². The van der Waals surface area contributed by atoms with Gasteiger partial charge in [-0.2, -0.15) is 0 Å². The fraction of sp³-hybridized carbons (Fsp3) is 0.294. The lowest BCUT2D eigenvalue weighted by molar-refractivity contribution is 0.357. The first-order chi connectivity index (χ1) is 10.9. The monoisotopic (exact) mass is 333 g/mol. The molecule has 0 unspecified atom stereocenters. The zero-order chi connectivity index (χ0) is 16.6. The third kappa shape index (κ3) is 2.99. The molecule has 1 aliphatic heterocycles. The number of nitrogens with one attached hydrogen (secondary N) is 1. The zero-order valence-corrected chi connectivity index (χ0v) is 14.2. The summed E-state index contributed by atoms with van der Waals surface area (Å²) in [6, 6.07) is 8.71. The largest absolute Gasteiger partial charge is 0.496 e. The number of hydrogen-bond donors (Lipinski definition) is 1. The van der Waals surface area contributed by atoms with Gasteiger partial charge in [0.1, 0.15) is 11.5 Å². The van der Waals surface area contributed by atoms with E-state index < -0.39 is 10.0 Å². The van der Waals surface area contributed by atoms with E-state index in [1.165, 1.54) is 0 Å². The van der Waals surface area contributed by atoms with E-state index in [9.17, 15) is 8.42 Å². The summed E-state index contributed by atoms with van der Waals surface area (Å²) < 4.78 is 38.7. The first-order valence-corrected chi connectivity index (χ1v) is 8.83. The molecule has 1 aliphatic rings. The molecule has 2 aromatic carbocycles. The fourth-order valence-electron chi connectivity index (χ4n) is 2.73. The molecule has 0 saturated heterocycles. The summed E-state index contributed by atoms with van der Waals surface area (Å²) in [5, 5.41) is 0. The van der Waals surface area contributed by atoms with Crippen LogP contribution in [0, 0.1) is 13.8 Å². The molecule has 0 atom stereocenters. The summed E-state index contributed by atoms with van der Waals surface area (Å²) in [6.07, 6.45) is 0.797. The Balaban J connectivity index is 1.94. The van der Waals surface area contributed by atoms with E-state index in [-0.39, 0.29) is 4.90 Å². The molecular formula is C17H19NO4S. The third-order valence-electron chi connectivity index (χ3n) is 3.92. The van der Waals surface area contributed by atoms with Crippen LogP contribution in [0.1, 0.15) is 16.7 Å². The van der Waals surface area contributed by atoms with Crippen molar-refractivity contribution >= 4 is 15.7 Å². The fourth-order valence-corrected chi connectivity index (χ4v) is 4.09. The number of fused-ring (bicyclic) bond motifs is 1. The van der Waals surface area contributed by atoms with Crippen LogP contribution < -0.4 is 14.2 Å². The van der Waals surface area contributed by atoms with Crippen LogP contribution >= 0.6 is 0 Å². The topological polar surface area (TPSA) is 64.6 Å². The number of sulfonamides is 1. The molecule has 0 radical (unpaired) electrons. The Morgan fingerprint density at radius 1 is 1.13 bits per heavy atom. The summed E-state index contributed by atoms with van der Waals surface area (Å²) in [7, 11) is -2.09. The molecule has 0 aliphatic carbocycles. The van der Waals surface area contributed by atoms with Gasteiger partial charge in [-0.15, -0.1) is 0 Å². The average molecular weight is 333 g/mol. The smallest absolute Gasteiger partial charge is 0.262 e. The maximum Gasteiger partial charge on any atom is 0.262 e. The molecular weight excluding hydrogens is 314 g/mol. The molecule has 2 aromatic rings. The molecule has 5 nitrogen and oxygen atoms in total. The number of rotatable bonds is 4. The van der Waals surface area contributed by atoms with E-state index in [4.69, 9.17) is 9.47 Å². The normalized spacial score (nSPS) is 13.3. The molecule has 3 rings (SSSR count). The lowest BCUT2D eigenvalue weighted by atomic mass is 10.1. The van der Waals surface area contributed by atoms with E-state index >= 15 is 0 Å². The highest BCUT2D eigenvalue weighted by atomic mass is 32.2. The quantitative estimate of drug-likeness (QED) is 0.934. The predicted molar refractivity (Wildman–Crippen MR) is 88.9 cm³/mol. The van der Waals surface area contributed by atoms with Crippen LogP contribution in [-0.4, -0.2) is 22.1 Å². The summed E-state index contributed by atoms with van der Waals surface area (Å²) in [5.41, 5.74) is 2.99. The van der Waals surface area contributed by atoms with E-state index in [0.29, 0.717) is 23.6 Å². The van der Waals surface area contributed by atoms with Crippen LogP contribution in [0.4, 0.5) is 5.69 Å². The first kappa shape index (κ1) is 15.7. The molecule has 1 heterocycles. The minimum atomic E-state index is -3.66. The molecule has 1 N–H and O–H groups in total. The van der Waals surface area contributed by atoms with Crippen molar-refractivity contribution in [3.05, 3.63) is 47.0 Å². The van der Waals surface area contributed by atoms with Gasteiger partial charge in [0, 0.05) is 12.1 Å². The van der Waals surface area contributed by atoms with Crippen LogP contribution in [0.3, 0.4) is 0 Å². The van der Waals surface area contributed by atoms with Crippen LogP contribution in [0.15, 0.2) is 35.2 Å². The Labute approximate surface area is 136 Å². The lowest BCUT2D eigenvalue weighted by Gasteiger charge is -2.14. The highest BCUT2D eigenvalue weighted by Crippen LogP contribution is 2.30. The van der Waals surface area contributed by atoms with Crippen LogP contribution in [0.25, 0.3) is 0 Å². The maximum atomic E-state index is 12.7. The maximum absolute atomic E-state index is 12.7. The lowest BCUT2D eigenvalue weighted by Crippen LogP contribution is -2.14. The Morgan fingerprint density at radius 2 is 1.91 bits per heavy atom. The van der Waals surface area contributed by atoms with Gasteiger partial charge in [0.2, 0.25) is 0 Å². The van der Waals surface area contributed by atoms with Crippen molar-refractivity contribution in [1.29, 1.82) is 0 Å². The van der Waals surface area contributed by atoms with Gasteiger partial charge in [-0.05, 0) is 60.9 Å². The van der Waals surface area contributed by atoms with Gasteiger partial charge in [-0.1, -0.05) is 0 Å². The van der Waals surface area contributed by atoms with Crippen molar-refractivity contribution in [3.63, 3.8) is 0 Å². The summed E-state index contributed by atoms with van der Waals surface area (Å²) in [6.45, 7) is 4.22. The molecule has 0 bridgehead atoms. The molecule has 122 valence electrons. The van der Waals surface area contributed by atoms with Gasteiger partial charge in [0.15, 0.2) is 0 Å². The van der Waals surface area contributed by atoms with Crippen molar-refractivity contribution in [3.8, 4) is 11.5 Å². The molecule has 0 amide bonds. The Hall–Kier alpha value is -2.21. The van der Waals surface area contributed by atoms with Crippen molar-refractivity contribution in [2.75, 3.05) is 18.4 Å². The first-order valence-electron chi connectivity index (χ1n) is 7.34. The number of methoxy groups -OCH3 is 1. The Kier molecular flexibility index (Phi) is 3.93. The molecule has 0 spiro atoms. The number of hydrogen-bond acceptors (Lipinski definition) is 4. The number of aryl methyl sites for hydroxylation is 2. The third-order valence-corrected chi connectivity index (χ3v) is 5.45. The van der Waals surface area contributed by atoms with Crippen molar-refractivity contribution in [2.24, 2.45) is 0 Å². The minimum Gasteiger partial charge on any atom is -0.496 e. The molecule has 0 aromatic heterocycles. The summed E-state index contributed by atoms with van der Waals surface area (Å²) in [5.74, 6) is 1.50. The van der Waals surface area contributed by atoms with Crippen molar-refractivity contribution < 1.29 is 17.9 Å². The van der Waals surface area contributed by atoms with Crippen LogP contribution in [0.5, 0.6) is 11.5 Å². The summed E-state index contributed by atoms with van der Waals surface area (Å²) >= 11 is 0. The second kappa shape index (κ2) is 5.77. The van der Waals surface area contributed by atoms with Gasteiger partial charge in [0.25, 0.3) is 10.0 Å². The number of ether oxygens (including phenoxy) is 2. The SMILES string of the molecule is COc1cc(C)c(S(=O)(=O)Nc2ccc3c(c2)CCO3)cc1C. The second-order valence-electron chi connectivity index (χ2n) is 5.61. The molecule has 0 fully saturated rings. The Morgan fingerprint density at radius 3 is 2.65 bits per heavy atom. The average Bonchev–Trinajstić information content (AvgIpc) is 2.96. The number of anilines is 1. The van der Waals surface area contributed by atoms with E-state index in [2.05, 4.69) is 4.72 Å². The van der Waals surface area contributed by atoms with E-state index in [1.54, 1.807) is 38.3 Å². The van der Waals surface area contributed by atoms with Gasteiger partial charge >= 0.3 is 0 Å². The van der Waals surface area contributed by atoms with Crippen LogP contribution in [-0.2, 0) is 16.4 Å². The highest BCUT2D eigenvalue weighted by molar-refractivity contribution is 7.92. The predicted octanol–water partition coefficient (Wildman–Crippen LogP) is 3.05. The van der Waals surface area contributed by atoms with Crippen molar-refractivity contribution in [2.45, 2.75) is 25.2 Å². The minimum absolute atomic E-state index is 0.257. The van der Waals surface area contributed by atoms with Crippen molar-refractivity contribution in [1.82, 2.24) is 0 Å². The second-order valence-corrected chi connectivity index (χ2v) is 7.26. The van der Waals surface area contributed by atoms with Crippen LogP contribution in [0.2, 0.25) is 0 Å². The summed E-state index contributed by atoms with van der Waals surface area (Å²) in [4.78, 5) is 0.257. The molecule has 0 saturated carbocycles. The zero-order valence-electron chi connectivity index (χ0n) is 13.3. The standard InChI is InChI=1S/C17H19NO4S/c1-11-9-17(12(2)8-16(11)21-3)23(19,20)18-14-4-5-15-13(10-14)6-7-22-15/h4-5,8-10,18H,6-7H2,1-3H3. The van der Waals surface area contributed by atoms with Gasteiger partial charge in [0.05, 0.1) is 18.6 Å². The Bertz CT molecular complexity index is 859.